The van der Waals surface area contributed by atoms with Gasteiger partial charge in [-0.3, -0.25) is 9.59 Å². The van der Waals surface area contributed by atoms with E-state index in [0.29, 0.717) is 40.8 Å². The normalized spacial score (nSPS) is 12.8. The Bertz CT molecular complexity index is 1450. The number of aromatic nitrogens is 1. The SMILES string of the molecule is COc1cc(C(=O)N(CCCc2ccccc2)Cc2nc(C(=O)NS(=O)(=O)C(C)(N)CCSC)cs2)cc(OC)c1C. The van der Waals surface area contributed by atoms with Gasteiger partial charge < -0.3 is 20.1 Å². The zero-order valence-corrected chi connectivity index (χ0v) is 27.0. The van der Waals surface area contributed by atoms with Crippen LogP contribution < -0.4 is 19.9 Å². The van der Waals surface area contributed by atoms with Gasteiger partial charge in [-0.25, -0.2) is 18.1 Å². The molecule has 1 atom stereocenters. The number of thioether (sulfide) groups is 1. The molecule has 0 bridgehead atoms. The molecule has 0 aliphatic rings. The van der Waals surface area contributed by atoms with E-state index in [-0.39, 0.29) is 24.6 Å². The number of hydrogen-bond donors (Lipinski definition) is 2. The first-order valence-corrected chi connectivity index (χ1v) is 17.0. The lowest BCUT2D eigenvalue weighted by molar-refractivity contribution is 0.0740. The number of sulfonamides is 1. The van der Waals surface area contributed by atoms with Gasteiger partial charge >= 0.3 is 0 Å². The topological polar surface area (TPSA) is 141 Å². The van der Waals surface area contributed by atoms with Gasteiger partial charge in [-0.15, -0.1) is 11.3 Å². The third-order valence-electron chi connectivity index (χ3n) is 6.78. The lowest BCUT2D eigenvalue weighted by Gasteiger charge is -2.24. The lowest BCUT2D eigenvalue weighted by atomic mass is 10.1. The Balaban J connectivity index is 1.82. The Kier molecular flexibility index (Phi) is 11.8. The van der Waals surface area contributed by atoms with Gasteiger partial charge in [0.25, 0.3) is 21.8 Å². The molecule has 0 radical (unpaired) electrons. The number of aryl methyl sites for hydroxylation is 1. The van der Waals surface area contributed by atoms with Crippen molar-refractivity contribution in [2.24, 2.45) is 5.73 Å². The van der Waals surface area contributed by atoms with Gasteiger partial charge in [0, 0.05) is 23.1 Å². The molecule has 3 aromatic rings. The van der Waals surface area contributed by atoms with Gasteiger partial charge in [0.05, 0.1) is 20.8 Å². The molecule has 42 heavy (non-hydrogen) atoms. The van der Waals surface area contributed by atoms with E-state index in [2.05, 4.69) is 9.71 Å². The van der Waals surface area contributed by atoms with Gasteiger partial charge in [-0.05, 0) is 62.8 Å². The molecule has 2 amide bonds. The minimum Gasteiger partial charge on any atom is -0.496 e. The maximum atomic E-state index is 13.8. The van der Waals surface area contributed by atoms with Gasteiger partial charge in [0.2, 0.25) is 0 Å². The van der Waals surface area contributed by atoms with E-state index in [1.807, 2.05) is 43.5 Å². The van der Waals surface area contributed by atoms with Crippen molar-refractivity contribution in [3.05, 3.63) is 75.2 Å². The first-order chi connectivity index (χ1) is 19.9. The number of methoxy groups -OCH3 is 2. The van der Waals surface area contributed by atoms with Crippen molar-refractivity contribution >= 4 is 44.9 Å². The van der Waals surface area contributed by atoms with E-state index in [4.69, 9.17) is 15.2 Å². The number of amides is 2. The molecule has 3 N–H and O–H groups in total. The van der Waals surface area contributed by atoms with Crippen LogP contribution in [0.15, 0.2) is 47.8 Å². The standard InChI is InChI=1S/C29H38N4O6S3/c1-20-24(38-3)16-22(17-25(20)39-4)28(35)33(14-9-12-21-10-7-6-8-11-21)18-26-31-23(19-41-26)27(34)32-42(36,37)29(2,30)13-15-40-5/h6-8,10-11,16-17,19H,9,12-15,18,30H2,1-5H3,(H,32,34). The summed E-state index contributed by atoms with van der Waals surface area (Å²) in [6, 6.07) is 13.3. The molecule has 13 heteroatoms. The highest BCUT2D eigenvalue weighted by Gasteiger charge is 2.36. The summed E-state index contributed by atoms with van der Waals surface area (Å²) in [7, 11) is -1.09. The Morgan fingerprint density at radius 1 is 1.14 bits per heavy atom. The van der Waals surface area contributed by atoms with Crippen LogP contribution in [0.3, 0.4) is 0 Å². The molecular formula is C29H38N4O6S3. The average Bonchev–Trinajstić information content (AvgIpc) is 3.44. The maximum Gasteiger partial charge on any atom is 0.284 e. The Hall–Kier alpha value is -3.13. The highest BCUT2D eigenvalue weighted by Crippen LogP contribution is 2.30. The molecule has 3 rings (SSSR count). The molecule has 0 aliphatic heterocycles. The van der Waals surface area contributed by atoms with Gasteiger partial charge in [0.1, 0.15) is 27.1 Å². The fourth-order valence-electron chi connectivity index (χ4n) is 4.14. The number of nitrogens with zero attached hydrogens (tertiary/aromatic N) is 2. The quantitative estimate of drug-likeness (QED) is 0.251. The molecule has 0 saturated carbocycles. The zero-order chi connectivity index (χ0) is 30.9. The van der Waals surface area contributed by atoms with E-state index < -0.39 is 20.8 Å². The van der Waals surface area contributed by atoms with Crippen molar-refractivity contribution < 1.29 is 27.5 Å². The van der Waals surface area contributed by atoms with Crippen LogP contribution in [0.5, 0.6) is 11.5 Å². The maximum absolute atomic E-state index is 13.8. The number of nitrogens with one attached hydrogen (secondary N) is 1. The fourth-order valence-corrected chi connectivity index (χ4v) is 6.64. The van der Waals surface area contributed by atoms with E-state index in [9.17, 15) is 18.0 Å². The van der Waals surface area contributed by atoms with Crippen molar-refractivity contribution in [2.45, 2.75) is 44.5 Å². The second kappa shape index (κ2) is 14.9. The van der Waals surface area contributed by atoms with Gasteiger partial charge in [-0.2, -0.15) is 11.8 Å². The minimum atomic E-state index is -4.16. The number of rotatable bonds is 15. The summed E-state index contributed by atoms with van der Waals surface area (Å²) >= 11 is 2.63. The van der Waals surface area contributed by atoms with Crippen molar-refractivity contribution in [3.63, 3.8) is 0 Å². The Morgan fingerprint density at radius 3 is 2.38 bits per heavy atom. The number of hydrogen-bond acceptors (Lipinski definition) is 10. The summed E-state index contributed by atoms with van der Waals surface area (Å²) in [5, 5.41) is 1.95. The molecule has 1 heterocycles. The molecule has 0 aliphatic carbocycles. The van der Waals surface area contributed by atoms with Crippen LogP contribution in [0.4, 0.5) is 0 Å². The summed E-state index contributed by atoms with van der Waals surface area (Å²) in [4.78, 5) is 31.0. The predicted molar refractivity (Wildman–Crippen MR) is 168 cm³/mol. The molecule has 2 aromatic carbocycles. The smallest absolute Gasteiger partial charge is 0.284 e. The number of carbonyl (C=O) groups is 2. The van der Waals surface area contributed by atoms with Gasteiger partial charge in [-0.1, -0.05) is 30.3 Å². The molecule has 1 aromatic heterocycles. The van der Waals surface area contributed by atoms with Crippen LogP contribution in [0.25, 0.3) is 0 Å². The van der Waals surface area contributed by atoms with E-state index in [0.717, 1.165) is 17.5 Å². The van der Waals surface area contributed by atoms with E-state index >= 15 is 0 Å². The van der Waals surface area contributed by atoms with Gasteiger partial charge in [0.15, 0.2) is 0 Å². The van der Waals surface area contributed by atoms with Crippen molar-refractivity contribution in [2.75, 3.05) is 32.8 Å². The monoisotopic (exact) mass is 634 g/mol. The zero-order valence-electron chi connectivity index (χ0n) is 24.5. The second-order valence-electron chi connectivity index (χ2n) is 9.94. The van der Waals surface area contributed by atoms with E-state index in [1.165, 1.54) is 49.6 Å². The van der Waals surface area contributed by atoms with Crippen LogP contribution >= 0.6 is 23.1 Å². The van der Waals surface area contributed by atoms with E-state index in [1.54, 1.807) is 17.0 Å². The number of thiazole rings is 1. The molecular weight excluding hydrogens is 597 g/mol. The van der Waals surface area contributed by atoms with Crippen LogP contribution in [-0.4, -0.2) is 67.8 Å². The molecule has 0 saturated heterocycles. The number of carbonyl (C=O) groups excluding carboxylic acids is 2. The number of benzene rings is 2. The summed E-state index contributed by atoms with van der Waals surface area (Å²) in [5.41, 5.74) is 8.27. The Labute approximate surface area is 256 Å². The first kappa shape index (κ1) is 33.4. The van der Waals surface area contributed by atoms with Crippen LogP contribution in [0, 0.1) is 6.92 Å². The number of ether oxygens (including phenoxy) is 2. The second-order valence-corrected chi connectivity index (χ2v) is 14.0. The lowest BCUT2D eigenvalue weighted by Crippen LogP contribution is -2.52. The summed E-state index contributed by atoms with van der Waals surface area (Å²) in [5.74, 6) is 0.460. The molecule has 0 spiro atoms. The summed E-state index contributed by atoms with van der Waals surface area (Å²) in [6.07, 6.45) is 3.48. The molecule has 1 unspecified atom stereocenters. The molecule has 0 fully saturated rings. The van der Waals surface area contributed by atoms with Crippen LogP contribution in [-0.2, 0) is 23.0 Å². The van der Waals surface area contributed by atoms with Crippen LogP contribution in [0.2, 0.25) is 0 Å². The minimum absolute atomic E-state index is 0.0606. The number of nitrogens with two attached hydrogens (primary N) is 1. The van der Waals surface area contributed by atoms with Crippen molar-refractivity contribution in [3.8, 4) is 11.5 Å². The molecule has 10 nitrogen and oxygen atoms in total. The highest BCUT2D eigenvalue weighted by molar-refractivity contribution is 7.98. The van der Waals surface area contributed by atoms with Crippen molar-refractivity contribution in [1.82, 2.24) is 14.6 Å². The largest absolute Gasteiger partial charge is 0.496 e. The fraction of sp³-hybridized carbons (Fsp3) is 0.414. The third kappa shape index (κ3) is 8.46. The van der Waals surface area contributed by atoms with Crippen LogP contribution in [0.1, 0.15) is 56.7 Å². The first-order valence-electron chi connectivity index (χ1n) is 13.3. The summed E-state index contributed by atoms with van der Waals surface area (Å²) in [6.45, 7) is 3.77. The van der Waals surface area contributed by atoms with Crippen molar-refractivity contribution in [1.29, 1.82) is 0 Å². The third-order valence-corrected chi connectivity index (χ3v) is 10.1. The average molecular weight is 635 g/mol. The highest BCUT2D eigenvalue weighted by atomic mass is 32.2. The molecule has 228 valence electrons. The Morgan fingerprint density at radius 2 is 1.79 bits per heavy atom. The predicted octanol–water partition coefficient (Wildman–Crippen LogP) is 4.23. The summed E-state index contributed by atoms with van der Waals surface area (Å²) < 4.78 is 38.5.